The molecule has 0 rings (SSSR count). The van der Waals surface area contributed by atoms with Gasteiger partial charge in [-0.15, -0.1) is 13.2 Å². The van der Waals surface area contributed by atoms with Crippen LogP contribution >= 0.6 is 0 Å². The SMILES string of the molecule is C=CCC[C@H](C(N)=O)[C@@H](CC(=C)C)C(=O)C(C)(C)C. The second kappa shape index (κ2) is 7.27. The van der Waals surface area contributed by atoms with Gasteiger partial charge in [0.05, 0.1) is 0 Å². The highest BCUT2D eigenvalue weighted by molar-refractivity contribution is 5.91. The van der Waals surface area contributed by atoms with E-state index >= 15 is 0 Å². The molecule has 0 aliphatic carbocycles. The first-order valence-electron chi connectivity index (χ1n) is 6.70. The average molecular weight is 265 g/mol. The Morgan fingerprint density at radius 2 is 1.79 bits per heavy atom. The fraction of sp³-hybridized carbons (Fsp3) is 0.625. The summed E-state index contributed by atoms with van der Waals surface area (Å²) < 4.78 is 0. The van der Waals surface area contributed by atoms with Crippen LogP contribution in [0, 0.1) is 17.3 Å². The first kappa shape index (κ1) is 17.6. The third-order valence-corrected chi connectivity index (χ3v) is 3.18. The van der Waals surface area contributed by atoms with Crippen LogP contribution in [0.5, 0.6) is 0 Å². The molecule has 0 aromatic rings. The lowest BCUT2D eigenvalue weighted by Crippen LogP contribution is -2.39. The van der Waals surface area contributed by atoms with Crippen molar-refractivity contribution in [3.63, 3.8) is 0 Å². The summed E-state index contributed by atoms with van der Waals surface area (Å²) in [5.41, 5.74) is 5.89. The summed E-state index contributed by atoms with van der Waals surface area (Å²) in [6.07, 6.45) is 3.51. The summed E-state index contributed by atoms with van der Waals surface area (Å²) >= 11 is 0. The summed E-state index contributed by atoms with van der Waals surface area (Å²) in [6, 6.07) is 0. The van der Waals surface area contributed by atoms with Crippen LogP contribution in [0.2, 0.25) is 0 Å². The molecule has 0 aromatic carbocycles. The number of carbonyl (C=O) groups is 2. The van der Waals surface area contributed by atoms with E-state index in [1.54, 1.807) is 6.08 Å². The third kappa shape index (κ3) is 5.86. The van der Waals surface area contributed by atoms with Crippen molar-refractivity contribution in [2.24, 2.45) is 23.0 Å². The zero-order valence-electron chi connectivity index (χ0n) is 12.7. The van der Waals surface area contributed by atoms with Crippen LogP contribution in [0.15, 0.2) is 24.8 Å². The van der Waals surface area contributed by atoms with E-state index in [0.717, 1.165) is 5.57 Å². The van der Waals surface area contributed by atoms with Crippen molar-refractivity contribution in [2.45, 2.75) is 47.0 Å². The molecule has 2 N–H and O–H groups in total. The second-order valence-electron chi connectivity index (χ2n) is 6.26. The summed E-state index contributed by atoms with van der Waals surface area (Å²) in [6.45, 7) is 15.0. The Balaban J connectivity index is 5.28. The highest BCUT2D eigenvalue weighted by atomic mass is 16.1. The van der Waals surface area contributed by atoms with Gasteiger partial charge in [0.25, 0.3) is 0 Å². The van der Waals surface area contributed by atoms with Gasteiger partial charge < -0.3 is 5.73 Å². The van der Waals surface area contributed by atoms with E-state index in [1.165, 1.54) is 0 Å². The molecule has 0 bridgehead atoms. The van der Waals surface area contributed by atoms with Crippen LogP contribution in [0.3, 0.4) is 0 Å². The van der Waals surface area contributed by atoms with E-state index < -0.39 is 17.2 Å². The molecular formula is C16H27NO2. The van der Waals surface area contributed by atoms with Crippen LogP contribution < -0.4 is 5.73 Å². The smallest absolute Gasteiger partial charge is 0.221 e. The largest absolute Gasteiger partial charge is 0.369 e. The first-order chi connectivity index (χ1) is 8.61. The number of nitrogens with two attached hydrogens (primary N) is 1. The number of Topliss-reactive ketones (excluding diaryl/α,β-unsaturated/α-hetero) is 1. The van der Waals surface area contributed by atoms with Crippen LogP contribution in [0.4, 0.5) is 0 Å². The van der Waals surface area contributed by atoms with Crippen molar-refractivity contribution in [1.29, 1.82) is 0 Å². The van der Waals surface area contributed by atoms with Crippen LogP contribution in [-0.2, 0) is 9.59 Å². The molecule has 0 spiro atoms. The molecule has 0 saturated heterocycles. The molecule has 0 fully saturated rings. The van der Waals surface area contributed by atoms with Gasteiger partial charge in [0.15, 0.2) is 0 Å². The maximum atomic E-state index is 12.5. The highest BCUT2D eigenvalue weighted by Gasteiger charge is 2.37. The standard InChI is InChI=1S/C16H27NO2/c1-7-8-9-12(15(17)19)13(10-11(2)3)14(18)16(4,5)6/h7,12-13H,1-2,8-10H2,3-6H3,(H2,17,19)/t12-,13+/m0/s1. The van der Waals surface area contributed by atoms with Gasteiger partial charge in [-0.3, -0.25) is 9.59 Å². The van der Waals surface area contributed by atoms with Crippen molar-refractivity contribution in [3.8, 4) is 0 Å². The number of rotatable bonds is 8. The molecule has 0 aliphatic heterocycles. The molecule has 0 radical (unpaired) electrons. The van der Waals surface area contributed by atoms with Gasteiger partial charge in [-0.1, -0.05) is 32.4 Å². The maximum absolute atomic E-state index is 12.5. The molecule has 0 aromatic heterocycles. The Bertz CT molecular complexity index is 363. The maximum Gasteiger partial charge on any atom is 0.221 e. The number of amides is 1. The van der Waals surface area contributed by atoms with Gasteiger partial charge >= 0.3 is 0 Å². The first-order valence-corrected chi connectivity index (χ1v) is 6.70. The lowest BCUT2D eigenvalue weighted by molar-refractivity contribution is -0.137. The van der Waals surface area contributed by atoms with Crippen molar-refractivity contribution >= 4 is 11.7 Å². The van der Waals surface area contributed by atoms with E-state index in [4.69, 9.17) is 5.73 Å². The molecule has 19 heavy (non-hydrogen) atoms. The van der Waals surface area contributed by atoms with Gasteiger partial charge in [-0.05, 0) is 26.2 Å². The Morgan fingerprint density at radius 3 is 2.11 bits per heavy atom. The monoisotopic (exact) mass is 265 g/mol. The molecule has 0 heterocycles. The van der Waals surface area contributed by atoms with E-state index in [2.05, 4.69) is 13.2 Å². The molecule has 0 saturated carbocycles. The molecule has 108 valence electrons. The molecule has 1 amide bonds. The van der Waals surface area contributed by atoms with E-state index in [1.807, 2.05) is 27.7 Å². The predicted molar refractivity (Wildman–Crippen MR) is 79.5 cm³/mol. The van der Waals surface area contributed by atoms with E-state index in [-0.39, 0.29) is 11.7 Å². The molecule has 0 aliphatic rings. The number of hydrogen-bond acceptors (Lipinski definition) is 2. The van der Waals surface area contributed by atoms with Gasteiger partial charge in [-0.2, -0.15) is 0 Å². The van der Waals surface area contributed by atoms with Crippen LogP contribution in [-0.4, -0.2) is 11.7 Å². The summed E-state index contributed by atoms with van der Waals surface area (Å²) in [5.74, 6) is -1.16. The van der Waals surface area contributed by atoms with E-state index in [0.29, 0.717) is 19.3 Å². The van der Waals surface area contributed by atoms with Gasteiger partial charge in [-0.25, -0.2) is 0 Å². The number of carbonyl (C=O) groups excluding carboxylic acids is 2. The molecular weight excluding hydrogens is 238 g/mol. The molecule has 3 heteroatoms. The summed E-state index contributed by atoms with van der Waals surface area (Å²) in [7, 11) is 0. The van der Waals surface area contributed by atoms with Gasteiger partial charge in [0.2, 0.25) is 5.91 Å². The minimum atomic E-state index is -0.484. The van der Waals surface area contributed by atoms with Gasteiger partial charge in [0.1, 0.15) is 5.78 Å². The zero-order chi connectivity index (χ0) is 15.2. The Labute approximate surface area is 116 Å². The summed E-state index contributed by atoms with van der Waals surface area (Å²) in [4.78, 5) is 24.2. The lowest BCUT2D eigenvalue weighted by atomic mass is 9.73. The Kier molecular flexibility index (Phi) is 6.74. The molecule has 0 unspecified atom stereocenters. The Hall–Kier alpha value is -1.38. The number of ketones is 1. The van der Waals surface area contributed by atoms with Crippen LogP contribution in [0.25, 0.3) is 0 Å². The topological polar surface area (TPSA) is 60.2 Å². The highest BCUT2D eigenvalue weighted by Crippen LogP contribution is 2.31. The number of allylic oxidation sites excluding steroid dienone is 2. The van der Waals surface area contributed by atoms with Crippen molar-refractivity contribution < 1.29 is 9.59 Å². The lowest BCUT2D eigenvalue weighted by Gasteiger charge is -2.29. The average Bonchev–Trinajstić information content (AvgIpc) is 2.24. The Morgan fingerprint density at radius 1 is 1.26 bits per heavy atom. The number of hydrogen-bond donors (Lipinski definition) is 1. The second-order valence-corrected chi connectivity index (χ2v) is 6.26. The van der Waals surface area contributed by atoms with Crippen molar-refractivity contribution in [1.82, 2.24) is 0 Å². The number of primary amides is 1. The fourth-order valence-electron chi connectivity index (χ4n) is 2.19. The molecule has 3 nitrogen and oxygen atoms in total. The molecule has 2 atom stereocenters. The fourth-order valence-corrected chi connectivity index (χ4v) is 2.19. The van der Waals surface area contributed by atoms with E-state index in [9.17, 15) is 9.59 Å². The summed E-state index contributed by atoms with van der Waals surface area (Å²) in [5, 5.41) is 0. The predicted octanol–water partition coefficient (Wildman–Crippen LogP) is 3.25. The quantitative estimate of drug-likeness (QED) is 0.685. The van der Waals surface area contributed by atoms with Crippen molar-refractivity contribution in [3.05, 3.63) is 24.8 Å². The minimum absolute atomic E-state index is 0.0726. The van der Waals surface area contributed by atoms with Crippen molar-refractivity contribution in [2.75, 3.05) is 0 Å². The van der Waals surface area contributed by atoms with Crippen LogP contribution in [0.1, 0.15) is 47.0 Å². The zero-order valence-corrected chi connectivity index (χ0v) is 12.7. The minimum Gasteiger partial charge on any atom is -0.369 e. The third-order valence-electron chi connectivity index (χ3n) is 3.18. The van der Waals surface area contributed by atoms with Gasteiger partial charge in [0, 0.05) is 17.3 Å². The normalized spacial score (nSPS) is 14.5.